The summed E-state index contributed by atoms with van der Waals surface area (Å²) < 4.78 is 0. The summed E-state index contributed by atoms with van der Waals surface area (Å²) in [5, 5.41) is 0. The summed E-state index contributed by atoms with van der Waals surface area (Å²) in [4.78, 5) is 7.20. The Kier molecular flexibility index (Phi) is 6.89. The first-order valence-corrected chi connectivity index (χ1v) is 11.6. The van der Waals surface area contributed by atoms with Crippen LogP contribution >= 0.6 is 0 Å². The molecular formula is C31H29IrN2-. The fraction of sp³-hybridized carbons (Fsp3) is 0.194. The van der Waals surface area contributed by atoms with Crippen LogP contribution in [0.5, 0.6) is 0 Å². The molecule has 3 heteroatoms. The topological polar surface area (TPSA) is 16.1 Å². The number of aromatic nitrogens is 1. The molecule has 0 saturated heterocycles. The van der Waals surface area contributed by atoms with Gasteiger partial charge in [-0.2, -0.15) is 0 Å². The molecule has 0 saturated carbocycles. The minimum Gasteiger partial charge on any atom is -0.310 e. The standard InChI is InChI=1S/C31H29N2.Ir/c1-20-15-16-27-26(20)13-8-14-28(27)29-19-25(17-18-32-29)33(30-21(2)9-6-10-22(30)3)31-23(4)11-7-12-24(31)5;/h6-13,15,17-19H,16H2,1-5H3;/q-1;. The second-order valence-corrected chi connectivity index (χ2v) is 9.05. The number of hydrogen-bond acceptors (Lipinski definition) is 2. The number of rotatable bonds is 4. The van der Waals surface area contributed by atoms with Crippen molar-refractivity contribution in [3.05, 3.63) is 112 Å². The first kappa shape index (κ1) is 24.1. The molecule has 0 aliphatic heterocycles. The molecule has 5 rings (SSSR count). The number of hydrogen-bond donors (Lipinski definition) is 0. The Bertz CT molecular complexity index is 1310. The maximum Gasteiger partial charge on any atom is 0.0519 e. The second kappa shape index (κ2) is 9.70. The molecule has 1 radical (unpaired) electrons. The van der Waals surface area contributed by atoms with E-state index in [2.05, 4.69) is 106 Å². The van der Waals surface area contributed by atoms with Gasteiger partial charge in [0.2, 0.25) is 0 Å². The van der Waals surface area contributed by atoms with Gasteiger partial charge in [0.1, 0.15) is 0 Å². The number of fused-ring (bicyclic) bond motifs is 1. The van der Waals surface area contributed by atoms with Crippen molar-refractivity contribution in [2.45, 2.75) is 41.0 Å². The van der Waals surface area contributed by atoms with Crippen LogP contribution in [0.15, 0.2) is 72.9 Å². The van der Waals surface area contributed by atoms with Gasteiger partial charge < -0.3 is 9.88 Å². The van der Waals surface area contributed by atoms with E-state index in [-0.39, 0.29) is 20.1 Å². The van der Waals surface area contributed by atoms with E-state index in [4.69, 9.17) is 4.98 Å². The molecule has 2 nitrogen and oxygen atoms in total. The first-order valence-electron chi connectivity index (χ1n) is 11.6. The average Bonchev–Trinajstić information content (AvgIpc) is 3.19. The van der Waals surface area contributed by atoms with E-state index in [1.54, 1.807) is 0 Å². The Morgan fingerprint density at radius 3 is 1.97 bits per heavy atom. The summed E-state index contributed by atoms with van der Waals surface area (Å²) in [5.74, 6) is 0. The predicted octanol–water partition coefficient (Wildman–Crippen LogP) is 8.21. The van der Waals surface area contributed by atoms with Crippen molar-refractivity contribution in [2.24, 2.45) is 0 Å². The molecule has 1 heterocycles. The van der Waals surface area contributed by atoms with Gasteiger partial charge in [0, 0.05) is 32.0 Å². The van der Waals surface area contributed by atoms with Crippen LogP contribution in [0.25, 0.3) is 16.8 Å². The Balaban J connectivity index is 0.00000274. The fourth-order valence-electron chi connectivity index (χ4n) is 5.09. The molecule has 0 amide bonds. The zero-order chi connectivity index (χ0) is 23.1. The zero-order valence-corrected chi connectivity index (χ0v) is 22.8. The molecule has 0 bridgehead atoms. The third kappa shape index (κ3) is 4.15. The van der Waals surface area contributed by atoms with Crippen LogP contribution in [-0.4, -0.2) is 4.98 Å². The van der Waals surface area contributed by atoms with Crippen molar-refractivity contribution in [3.63, 3.8) is 0 Å². The summed E-state index contributed by atoms with van der Waals surface area (Å²) in [6, 6.07) is 25.0. The second-order valence-electron chi connectivity index (χ2n) is 9.05. The van der Waals surface area contributed by atoms with Crippen LogP contribution in [0.4, 0.5) is 17.1 Å². The molecule has 1 aliphatic carbocycles. The van der Waals surface area contributed by atoms with Gasteiger partial charge in [-0.05, 0) is 75.1 Å². The number of para-hydroxylation sites is 2. The van der Waals surface area contributed by atoms with E-state index in [9.17, 15) is 0 Å². The van der Waals surface area contributed by atoms with Crippen LogP contribution in [0.2, 0.25) is 0 Å². The third-order valence-electron chi connectivity index (χ3n) is 6.73. The molecule has 0 atom stereocenters. The van der Waals surface area contributed by atoms with Crippen LogP contribution in [0.1, 0.15) is 40.3 Å². The van der Waals surface area contributed by atoms with Gasteiger partial charge in [-0.3, -0.25) is 0 Å². The van der Waals surface area contributed by atoms with Gasteiger partial charge in [-0.15, -0.1) is 34.9 Å². The summed E-state index contributed by atoms with van der Waals surface area (Å²) >= 11 is 0. The maximum atomic E-state index is 4.79. The number of pyridine rings is 1. The minimum atomic E-state index is 0. The maximum absolute atomic E-state index is 4.79. The summed E-state index contributed by atoms with van der Waals surface area (Å²) in [6.45, 7) is 11.0. The molecule has 4 aromatic rings. The monoisotopic (exact) mass is 622 g/mol. The number of nitrogens with zero attached hydrogens (tertiary/aromatic N) is 2. The van der Waals surface area contributed by atoms with Crippen LogP contribution in [-0.2, 0) is 26.5 Å². The van der Waals surface area contributed by atoms with Gasteiger partial charge >= 0.3 is 0 Å². The Labute approximate surface area is 216 Å². The van der Waals surface area contributed by atoms with E-state index < -0.39 is 0 Å². The van der Waals surface area contributed by atoms with Crippen LogP contribution in [0, 0.1) is 33.8 Å². The van der Waals surface area contributed by atoms with Gasteiger partial charge in [-0.1, -0.05) is 54.1 Å². The van der Waals surface area contributed by atoms with Crippen molar-refractivity contribution in [3.8, 4) is 11.3 Å². The van der Waals surface area contributed by atoms with Gasteiger partial charge in [-0.25, -0.2) is 0 Å². The minimum absolute atomic E-state index is 0. The number of allylic oxidation sites excluding steroid dienone is 2. The molecule has 34 heavy (non-hydrogen) atoms. The van der Waals surface area contributed by atoms with Crippen LogP contribution < -0.4 is 4.90 Å². The summed E-state index contributed by atoms with van der Waals surface area (Å²) in [6.07, 6.45) is 5.17. The van der Waals surface area contributed by atoms with Gasteiger partial charge in [0.05, 0.1) is 11.4 Å². The van der Waals surface area contributed by atoms with E-state index in [1.807, 2.05) is 12.3 Å². The Morgan fingerprint density at radius 2 is 1.38 bits per heavy atom. The zero-order valence-electron chi connectivity index (χ0n) is 20.4. The summed E-state index contributed by atoms with van der Waals surface area (Å²) in [5.41, 5.74) is 14.6. The average molecular weight is 622 g/mol. The predicted molar refractivity (Wildman–Crippen MR) is 139 cm³/mol. The quantitative estimate of drug-likeness (QED) is 0.214. The fourth-order valence-corrected chi connectivity index (χ4v) is 5.09. The van der Waals surface area contributed by atoms with Crippen molar-refractivity contribution < 1.29 is 20.1 Å². The molecular weight excluding hydrogens is 593 g/mol. The van der Waals surface area contributed by atoms with Crippen LogP contribution in [0.3, 0.4) is 0 Å². The SMILES string of the molecule is CC1=CCc2c(-c3cc(N(c4c(C)cccc4C)c4c(C)cccc4C)ccn3)[c-]ccc21.[Ir]. The van der Waals surface area contributed by atoms with E-state index >= 15 is 0 Å². The molecule has 0 spiro atoms. The Hall–Kier alpha value is -3.00. The van der Waals surface area contributed by atoms with E-state index in [0.717, 1.165) is 23.4 Å². The normalized spacial score (nSPS) is 12.1. The van der Waals surface area contributed by atoms with Gasteiger partial charge in [0.25, 0.3) is 0 Å². The number of anilines is 3. The Morgan fingerprint density at radius 1 is 0.794 bits per heavy atom. The third-order valence-corrected chi connectivity index (χ3v) is 6.73. The van der Waals surface area contributed by atoms with E-state index in [1.165, 1.54) is 50.3 Å². The van der Waals surface area contributed by atoms with Gasteiger partial charge in [0.15, 0.2) is 0 Å². The molecule has 3 aromatic carbocycles. The van der Waals surface area contributed by atoms with E-state index in [0.29, 0.717) is 0 Å². The number of benzene rings is 3. The summed E-state index contributed by atoms with van der Waals surface area (Å²) in [7, 11) is 0. The molecule has 0 N–H and O–H groups in total. The molecule has 1 aromatic heterocycles. The smallest absolute Gasteiger partial charge is 0.0519 e. The van der Waals surface area contributed by atoms with Crippen molar-refractivity contribution >= 4 is 22.6 Å². The molecule has 0 fully saturated rings. The molecule has 1 aliphatic rings. The van der Waals surface area contributed by atoms with Crippen molar-refractivity contribution in [1.29, 1.82) is 0 Å². The van der Waals surface area contributed by atoms with Crippen molar-refractivity contribution in [2.75, 3.05) is 4.90 Å². The molecule has 0 unspecified atom stereocenters. The molecule has 173 valence electrons. The largest absolute Gasteiger partial charge is 0.310 e. The first-order chi connectivity index (χ1) is 16.0. The number of aryl methyl sites for hydroxylation is 4. The van der Waals surface area contributed by atoms with Crippen molar-refractivity contribution in [1.82, 2.24) is 4.98 Å².